The van der Waals surface area contributed by atoms with E-state index in [1.807, 2.05) is 6.92 Å². The number of hydrogen-bond acceptors (Lipinski definition) is 2. The lowest BCUT2D eigenvalue weighted by Crippen LogP contribution is -2.09. The third-order valence-electron chi connectivity index (χ3n) is 1.73. The Hall–Kier alpha value is -0.860. The second-order valence-electron chi connectivity index (χ2n) is 2.99. The normalized spacial score (nSPS) is 10.1. The predicted octanol–water partition coefficient (Wildman–Crippen LogP) is 2.95. The minimum absolute atomic E-state index is 0.0269. The van der Waals surface area contributed by atoms with Crippen LogP contribution >= 0.6 is 11.6 Å². The highest BCUT2D eigenvalue weighted by molar-refractivity contribution is 6.31. The number of ether oxygens (including phenoxy) is 1. The number of carbonyl (C=O) groups excluding carboxylic acids is 1. The standard InChI is InChI=1S/C11H13ClO2/c1-2-6-14-8-11(13)9-4-3-5-10(12)7-9/h3-5,7H,2,6,8H2,1H3. The quantitative estimate of drug-likeness (QED) is 0.554. The zero-order valence-corrected chi connectivity index (χ0v) is 8.88. The van der Waals surface area contributed by atoms with Gasteiger partial charge in [0.1, 0.15) is 6.61 Å². The molecule has 76 valence electrons. The van der Waals surface area contributed by atoms with E-state index >= 15 is 0 Å². The van der Waals surface area contributed by atoms with Crippen LogP contribution in [-0.2, 0) is 4.74 Å². The van der Waals surface area contributed by atoms with Crippen LogP contribution in [0.4, 0.5) is 0 Å². The zero-order chi connectivity index (χ0) is 10.4. The molecule has 0 bridgehead atoms. The Morgan fingerprint density at radius 3 is 2.93 bits per heavy atom. The molecule has 0 aliphatic carbocycles. The molecule has 0 unspecified atom stereocenters. The van der Waals surface area contributed by atoms with Crippen LogP contribution in [0.15, 0.2) is 24.3 Å². The SMILES string of the molecule is CCCOCC(=O)c1cccc(Cl)c1. The summed E-state index contributed by atoms with van der Waals surface area (Å²) in [4.78, 5) is 11.5. The van der Waals surface area contributed by atoms with E-state index in [0.717, 1.165) is 6.42 Å². The van der Waals surface area contributed by atoms with Crippen LogP contribution in [0.1, 0.15) is 23.7 Å². The van der Waals surface area contributed by atoms with Crippen LogP contribution in [0.25, 0.3) is 0 Å². The van der Waals surface area contributed by atoms with Crippen LogP contribution in [0.3, 0.4) is 0 Å². The highest BCUT2D eigenvalue weighted by atomic mass is 35.5. The molecule has 0 aliphatic heterocycles. The highest BCUT2D eigenvalue weighted by Crippen LogP contribution is 2.11. The van der Waals surface area contributed by atoms with Gasteiger partial charge in [0.15, 0.2) is 5.78 Å². The number of hydrogen-bond donors (Lipinski definition) is 0. The third-order valence-corrected chi connectivity index (χ3v) is 1.96. The van der Waals surface area contributed by atoms with Crippen LogP contribution < -0.4 is 0 Å². The van der Waals surface area contributed by atoms with Crippen molar-refractivity contribution in [3.63, 3.8) is 0 Å². The van der Waals surface area contributed by atoms with E-state index in [9.17, 15) is 4.79 Å². The maximum atomic E-state index is 11.5. The van der Waals surface area contributed by atoms with Crippen LogP contribution in [0.2, 0.25) is 5.02 Å². The molecule has 0 heterocycles. The van der Waals surface area contributed by atoms with Gasteiger partial charge >= 0.3 is 0 Å². The minimum atomic E-state index is -0.0269. The first kappa shape index (κ1) is 11.2. The molecule has 0 aliphatic rings. The molecule has 0 atom stereocenters. The zero-order valence-electron chi connectivity index (χ0n) is 8.13. The number of Topliss-reactive ketones (excluding diaryl/α,β-unsaturated/α-hetero) is 1. The minimum Gasteiger partial charge on any atom is -0.373 e. The summed E-state index contributed by atoms with van der Waals surface area (Å²) in [7, 11) is 0. The Bertz CT molecular complexity index is 310. The lowest BCUT2D eigenvalue weighted by Gasteiger charge is -2.02. The Morgan fingerprint density at radius 1 is 1.50 bits per heavy atom. The highest BCUT2D eigenvalue weighted by Gasteiger charge is 2.05. The van der Waals surface area contributed by atoms with Crippen molar-refractivity contribution in [1.82, 2.24) is 0 Å². The maximum Gasteiger partial charge on any atom is 0.188 e. The molecule has 0 amide bonds. The van der Waals surface area contributed by atoms with Crippen LogP contribution in [0, 0.1) is 0 Å². The number of ketones is 1. The Labute approximate surface area is 88.8 Å². The molecule has 2 nitrogen and oxygen atoms in total. The van der Waals surface area contributed by atoms with Crippen molar-refractivity contribution in [2.24, 2.45) is 0 Å². The monoisotopic (exact) mass is 212 g/mol. The predicted molar refractivity (Wildman–Crippen MR) is 56.9 cm³/mol. The number of benzene rings is 1. The first-order valence-electron chi connectivity index (χ1n) is 4.60. The Balaban J connectivity index is 2.52. The largest absolute Gasteiger partial charge is 0.373 e. The number of carbonyl (C=O) groups is 1. The molecule has 14 heavy (non-hydrogen) atoms. The summed E-state index contributed by atoms with van der Waals surface area (Å²) in [5.41, 5.74) is 0.605. The van der Waals surface area contributed by atoms with Gasteiger partial charge in [-0.15, -0.1) is 0 Å². The first-order valence-corrected chi connectivity index (χ1v) is 4.98. The fourth-order valence-corrected chi connectivity index (χ4v) is 1.24. The van der Waals surface area contributed by atoms with Crippen molar-refractivity contribution in [2.45, 2.75) is 13.3 Å². The van der Waals surface area contributed by atoms with Crippen LogP contribution in [-0.4, -0.2) is 19.0 Å². The van der Waals surface area contributed by atoms with E-state index in [2.05, 4.69) is 0 Å². The van der Waals surface area contributed by atoms with Gasteiger partial charge < -0.3 is 4.74 Å². The van der Waals surface area contributed by atoms with Gasteiger partial charge in [0, 0.05) is 17.2 Å². The van der Waals surface area contributed by atoms with Crippen molar-refractivity contribution in [1.29, 1.82) is 0 Å². The van der Waals surface area contributed by atoms with Crippen molar-refractivity contribution < 1.29 is 9.53 Å². The summed E-state index contributed by atoms with van der Waals surface area (Å²) in [6.07, 6.45) is 0.919. The molecule has 0 aromatic heterocycles. The molecule has 0 N–H and O–H groups in total. The second kappa shape index (κ2) is 5.78. The van der Waals surface area contributed by atoms with Crippen LogP contribution in [0.5, 0.6) is 0 Å². The maximum absolute atomic E-state index is 11.5. The van der Waals surface area contributed by atoms with Crippen molar-refractivity contribution in [2.75, 3.05) is 13.2 Å². The van der Waals surface area contributed by atoms with E-state index in [1.165, 1.54) is 0 Å². The van der Waals surface area contributed by atoms with E-state index < -0.39 is 0 Å². The smallest absolute Gasteiger partial charge is 0.188 e. The molecule has 0 saturated carbocycles. The second-order valence-corrected chi connectivity index (χ2v) is 3.42. The molecule has 0 saturated heterocycles. The summed E-state index contributed by atoms with van der Waals surface area (Å²) in [5.74, 6) is -0.0269. The van der Waals surface area contributed by atoms with Gasteiger partial charge in [-0.25, -0.2) is 0 Å². The molecule has 0 fully saturated rings. The lowest BCUT2D eigenvalue weighted by atomic mass is 10.1. The van der Waals surface area contributed by atoms with Gasteiger partial charge in [0.2, 0.25) is 0 Å². The third kappa shape index (κ3) is 3.48. The summed E-state index contributed by atoms with van der Waals surface area (Å²) >= 11 is 5.76. The summed E-state index contributed by atoms with van der Waals surface area (Å²) in [5, 5.41) is 0.575. The van der Waals surface area contributed by atoms with Gasteiger partial charge in [-0.05, 0) is 18.6 Å². The molecule has 1 aromatic rings. The molecular weight excluding hydrogens is 200 g/mol. The summed E-state index contributed by atoms with van der Waals surface area (Å²) < 4.78 is 5.15. The van der Waals surface area contributed by atoms with E-state index in [-0.39, 0.29) is 12.4 Å². The van der Waals surface area contributed by atoms with E-state index in [4.69, 9.17) is 16.3 Å². The molecule has 1 rings (SSSR count). The molecule has 0 spiro atoms. The molecule has 0 radical (unpaired) electrons. The first-order chi connectivity index (χ1) is 6.74. The topological polar surface area (TPSA) is 26.3 Å². The van der Waals surface area contributed by atoms with Crippen molar-refractivity contribution in [3.05, 3.63) is 34.9 Å². The average molecular weight is 213 g/mol. The van der Waals surface area contributed by atoms with E-state index in [1.54, 1.807) is 24.3 Å². The fraction of sp³-hybridized carbons (Fsp3) is 0.364. The lowest BCUT2D eigenvalue weighted by molar-refractivity contribution is 0.0761. The fourth-order valence-electron chi connectivity index (χ4n) is 1.05. The Kier molecular flexibility index (Phi) is 4.63. The van der Waals surface area contributed by atoms with Crippen molar-refractivity contribution >= 4 is 17.4 Å². The van der Waals surface area contributed by atoms with Gasteiger partial charge in [-0.3, -0.25) is 4.79 Å². The van der Waals surface area contributed by atoms with E-state index in [0.29, 0.717) is 17.2 Å². The van der Waals surface area contributed by atoms with Gasteiger partial charge in [-0.2, -0.15) is 0 Å². The number of halogens is 1. The van der Waals surface area contributed by atoms with Gasteiger partial charge in [0.25, 0.3) is 0 Å². The Morgan fingerprint density at radius 2 is 2.29 bits per heavy atom. The molecule has 1 aromatic carbocycles. The summed E-state index contributed by atoms with van der Waals surface area (Å²) in [6.45, 7) is 2.75. The molecular formula is C11H13ClO2. The summed E-state index contributed by atoms with van der Waals surface area (Å²) in [6, 6.07) is 6.89. The molecule has 3 heteroatoms. The van der Waals surface area contributed by atoms with Crippen molar-refractivity contribution in [3.8, 4) is 0 Å². The van der Waals surface area contributed by atoms with Gasteiger partial charge in [0.05, 0.1) is 0 Å². The average Bonchev–Trinajstić information content (AvgIpc) is 2.18. The van der Waals surface area contributed by atoms with Gasteiger partial charge in [-0.1, -0.05) is 30.7 Å². The number of rotatable bonds is 5.